The molecule has 0 aliphatic heterocycles. The Kier molecular flexibility index (Phi) is 3.60. The summed E-state index contributed by atoms with van der Waals surface area (Å²) in [6.45, 7) is 2.26. The van der Waals surface area contributed by atoms with Gasteiger partial charge in [0.15, 0.2) is 0 Å². The second-order valence-corrected chi connectivity index (χ2v) is 4.44. The lowest BCUT2D eigenvalue weighted by Gasteiger charge is -2.07. The van der Waals surface area contributed by atoms with Gasteiger partial charge in [0, 0.05) is 6.42 Å². The molecule has 1 aromatic carbocycles. The smallest absolute Gasteiger partial charge is 0.129 e. The molecule has 0 amide bonds. The van der Waals surface area contributed by atoms with Crippen molar-refractivity contribution in [1.29, 1.82) is 0 Å². The van der Waals surface area contributed by atoms with E-state index in [9.17, 15) is 4.79 Å². The molecule has 2 heteroatoms. The number of hydrogen-bond acceptors (Lipinski definition) is 2. The Morgan fingerprint density at radius 3 is 2.94 bits per heavy atom. The van der Waals surface area contributed by atoms with Crippen molar-refractivity contribution in [1.82, 2.24) is 0 Å². The van der Waals surface area contributed by atoms with Crippen LogP contribution in [0.3, 0.4) is 0 Å². The predicted octanol–water partition coefficient (Wildman–Crippen LogP) is 2.92. The van der Waals surface area contributed by atoms with Crippen LogP contribution in [0.1, 0.15) is 37.3 Å². The van der Waals surface area contributed by atoms with E-state index < -0.39 is 0 Å². The van der Waals surface area contributed by atoms with Crippen LogP contribution in [0.5, 0.6) is 5.75 Å². The highest BCUT2D eigenvalue weighted by atomic mass is 16.5. The fourth-order valence-corrected chi connectivity index (χ4v) is 2.15. The number of carbonyl (C=O) groups is 1. The van der Waals surface area contributed by atoms with Crippen LogP contribution in [0.4, 0.5) is 0 Å². The molecule has 2 nitrogen and oxygen atoms in total. The van der Waals surface area contributed by atoms with Gasteiger partial charge in [-0.3, -0.25) is 0 Å². The van der Waals surface area contributed by atoms with E-state index in [0.717, 1.165) is 12.2 Å². The van der Waals surface area contributed by atoms with Crippen LogP contribution < -0.4 is 4.74 Å². The van der Waals surface area contributed by atoms with E-state index in [1.165, 1.54) is 30.4 Å². The van der Waals surface area contributed by atoms with Crippen LogP contribution >= 0.6 is 0 Å². The van der Waals surface area contributed by atoms with Gasteiger partial charge in [0.05, 0.1) is 6.61 Å². The molecular formula is C14H18O2. The van der Waals surface area contributed by atoms with E-state index in [-0.39, 0.29) is 5.78 Å². The van der Waals surface area contributed by atoms with Crippen LogP contribution in [0.15, 0.2) is 18.2 Å². The van der Waals surface area contributed by atoms with Gasteiger partial charge in [0.2, 0.25) is 0 Å². The van der Waals surface area contributed by atoms with E-state index in [0.29, 0.717) is 13.0 Å². The zero-order valence-electron chi connectivity index (χ0n) is 9.79. The second kappa shape index (κ2) is 5.15. The maximum absolute atomic E-state index is 10.8. The Hall–Kier alpha value is -1.31. The van der Waals surface area contributed by atoms with Crippen molar-refractivity contribution in [2.75, 3.05) is 6.61 Å². The predicted molar refractivity (Wildman–Crippen MR) is 63.9 cm³/mol. The Labute approximate surface area is 96.6 Å². The minimum absolute atomic E-state index is 0.234. The van der Waals surface area contributed by atoms with Crippen LogP contribution in [0, 0.1) is 0 Å². The van der Waals surface area contributed by atoms with E-state index in [4.69, 9.17) is 4.74 Å². The molecule has 0 fully saturated rings. The van der Waals surface area contributed by atoms with E-state index >= 15 is 0 Å². The molecule has 0 aromatic heterocycles. The van der Waals surface area contributed by atoms with Crippen molar-refractivity contribution in [2.24, 2.45) is 0 Å². The topological polar surface area (TPSA) is 26.3 Å². The number of ether oxygens (including phenoxy) is 1. The number of fused-ring (bicyclic) bond motifs is 1. The summed E-state index contributed by atoms with van der Waals surface area (Å²) < 4.78 is 5.63. The first-order chi connectivity index (χ1) is 7.75. The lowest BCUT2D eigenvalue weighted by atomic mass is 10.1. The molecule has 2 rings (SSSR count). The minimum Gasteiger partial charge on any atom is -0.494 e. The molecule has 0 atom stereocenters. The van der Waals surface area contributed by atoms with Crippen molar-refractivity contribution in [3.05, 3.63) is 29.3 Å². The van der Waals surface area contributed by atoms with E-state index in [2.05, 4.69) is 12.1 Å². The lowest BCUT2D eigenvalue weighted by Crippen LogP contribution is -2.00. The molecule has 0 unspecified atom stereocenters. The molecule has 1 aliphatic carbocycles. The summed E-state index contributed by atoms with van der Waals surface area (Å²) >= 11 is 0. The number of aryl methyl sites for hydroxylation is 2. The zero-order chi connectivity index (χ0) is 11.4. The Bertz CT molecular complexity index is 382. The average molecular weight is 218 g/mol. The van der Waals surface area contributed by atoms with Crippen LogP contribution in [-0.4, -0.2) is 12.4 Å². The quantitative estimate of drug-likeness (QED) is 0.710. The number of hydrogen-bond donors (Lipinski definition) is 0. The monoisotopic (exact) mass is 218 g/mol. The standard InChI is InChI=1S/C14H18O2/c1-11(15)4-3-9-16-14-8-7-12-5-2-6-13(12)10-14/h7-8,10H,2-6,9H2,1H3. The van der Waals surface area contributed by atoms with Gasteiger partial charge in [-0.25, -0.2) is 0 Å². The second-order valence-electron chi connectivity index (χ2n) is 4.44. The number of Topliss-reactive ketones (excluding diaryl/α,β-unsaturated/α-hetero) is 1. The first-order valence-corrected chi connectivity index (χ1v) is 6.00. The molecule has 1 aromatic rings. The molecule has 0 saturated heterocycles. The Morgan fingerprint density at radius 2 is 2.12 bits per heavy atom. The lowest BCUT2D eigenvalue weighted by molar-refractivity contribution is -0.117. The summed E-state index contributed by atoms with van der Waals surface area (Å²) in [4.78, 5) is 10.8. The summed E-state index contributed by atoms with van der Waals surface area (Å²) in [6, 6.07) is 6.36. The van der Waals surface area contributed by atoms with Gasteiger partial charge in [0.25, 0.3) is 0 Å². The fourth-order valence-electron chi connectivity index (χ4n) is 2.15. The van der Waals surface area contributed by atoms with Gasteiger partial charge in [-0.1, -0.05) is 6.07 Å². The van der Waals surface area contributed by atoms with Gasteiger partial charge < -0.3 is 9.53 Å². The molecule has 0 bridgehead atoms. The minimum atomic E-state index is 0.234. The first kappa shape index (κ1) is 11.2. The van der Waals surface area contributed by atoms with Crippen molar-refractivity contribution < 1.29 is 9.53 Å². The average Bonchev–Trinajstić information content (AvgIpc) is 2.71. The normalized spacial score (nSPS) is 13.6. The molecule has 0 saturated carbocycles. The number of ketones is 1. The maximum Gasteiger partial charge on any atom is 0.129 e. The third-order valence-electron chi connectivity index (χ3n) is 3.01. The van der Waals surface area contributed by atoms with Crippen molar-refractivity contribution in [2.45, 2.75) is 39.0 Å². The van der Waals surface area contributed by atoms with Gasteiger partial charge >= 0.3 is 0 Å². The molecule has 0 heterocycles. The van der Waals surface area contributed by atoms with Crippen molar-refractivity contribution in [3.63, 3.8) is 0 Å². The Morgan fingerprint density at radius 1 is 1.31 bits per heavy atom. The molecule has 0 N–H and O–H groups in total. The van der Waals surface area contributed by atoms with E-state index in [1.807, 2.05) is 6.07 Å². The highest BCUT2D eigenvalue weighted by molar-refractivity contribution is 5.75. The molecule has 86 valence electrons. The summed E-state index contributed by atoms with van der Waals surface area (Å²) in [7, 11) is 0. The van der Waals surface area contributed by atoms with E-state index in [1.54, 1.807) is 6.92 Å². The van der Waals surface area contributed by atoms with Crippen LogP contribution in [-0.2, 0) is 17.6 Å². The van der Waals surface area contributed by atoms with Gasteiger partial charge in [-0.2, -0.15) is 0 Å². The SMILES string of the molecule is CC(=O)CCCOc1ccc2c(c1)CCC2. The Balaban J connectivity index is 1.83. The summed E-state index contributed by atoms with van der Waals surface area (Å²) in [5.41, 5.74) is 2.90. The fraction of sp³-hybridized carbons (Fsp3) is 0.500. The van der Waals surface area contributed by atoms with Gasteiger partial charge in [-0.15, -0.1) is 0 Å². The van der Waals surface area contributed by atoms with Crippen LogP contribution in [0.2, 0.25) is 0 Å². The maximum atomic E-state index is 10.8. The van der Waals surface area contributed by atoms with Gasteiger partial charge in [-0.05, 0) is 55.9 Å². The first-order valence-electron chi connectivity index (χ1n) is 6.00. The summed E-state index contributed by atoms with van der Waals surface area (Å²) in [6.07, 6.45) is 5.08. The zero-order valence-corrected chi connectivity index (χ0v) is 9.79. The third kappa shape index (κ3) is 2.84. The number of rotatable bonds is 5. The van der Waals surface area contributed by atoms with Crippen LogP contribution in [0.25, 0.3) is 0 Å². The molecular weight excluding hydrogens is 200 g/mol. The number of carbonyl (C=O) groups excluding carboxylic acids is 1. The molecule has 16 heavy (non-hydrogen) atoms. The number of benzene rings is 1. The summed E-state index contributed by atoms with van der Waals surface area (Å²) in [5.74, 6) is 1.18. The largest absolute Gasteiger partial charge is 0.494 e. The third-order valence-corrected chi connectivity index (χ3v) is 3.01. The molecule has 0 spiro atoms. The van der Waals surface area contributed by atoms with Crippen molar-refractivity contribution >= 4 is 5.78 Å². The highest BCUT2D eigenvalue weighted by Gasteiger charge is 2.10. The molecule has 0 radical (unpaired) electrons. The molecule has 1 aliphatic rings. The van der Waals surface area contributed by atoms with Crippen molar-refractivity contribution in [3.8, 4) is 5.75 Å². The highest BCUT2D eigenvalue weighted by Crippen LogP contribution is 2.26. The summed E-state index contributed by atoms with van der Waals surface area (Å²) in [5, 5.41) is 0. The van der Waals surface area contributed by atoms with Gasteiger partial charge in [0.1, 0.15) is 11.5 Å².